The van der Waals surface area contributed by atoms with E-state index >= 15 is 0 Å². The van der Waals surface area contributed by atoms with Crippen LogP contribution in [0.5, 0.6) is 0 Å². The minimum atomic E-state index is 0.111. The summed E-state index contributed by atoms with van der Waals surface area (Å²) in [7, 11) is 0. The standard InChI is InChI=1S/C15H24N2O/c1-13(14-5-9-16-10-6-14)17-11-15(12-18)7-3-2-4-8-15/h5-6,9-10,13,17-18H,2-4,7-8,11-12H2,1H3/t13-/m1/s1. The first-order chi connectivity index (χ1) is 8.76. The monoisotopic (exact) mass is 248 g/mol. The van der Waals surface area contributed by atoms with Gasteiger partial charge in [-0.15, -0.1) is 0 Å². The molecule has 100 valence electrons. The van der Waals surface area contributed by atoms with E-state index in [0.29, 0.717) is 12.6 Å². The molecular formula is C15H24N2O. The van der Waals surface area contributed by atoms with E-state index in [1.54, 1.807) is 0 Å². The molecule has 1 saturated carbocycles. The summed E-state index contributed by atoms with van der Waals surface area (Å²) >= 11 is 0. The van der Waals surface area contributed by atoms with Crippen LogP contribution in [0.4, 0.5) is 0 Å². The van der Waals surface area contributed by atoms with Gasteiger partial charge in [0.2, 0.25) is 0 Å². The van der Waals surface area contributed by atoms with E-state index in [0.717, 1.165) is 19.4 Å². The van der Waals surface area contributed by atoms with E-state index in [1.165, 1.54) is 24.8 Å². The minimum absolute atomic E-state index is 0.111. The summed E-state index contributed by atoms with van der Waals surface area (Å²) in [5.41, 5.74) is 1.37. The predicted molar refractivity (Wildman–Crippen MR) is 73.3 cm³/mol. The van der Waals surface area contributed by atoms with Gasteiger partial charge in [0.25, 0.3) is 0 Å². The quantitative estimate of drug-likeness (QED) is 0.842. The molecule has 1 aromatic heterocycles. The van der Waals surface area contributed by atoms with E-state index < -0.39 is 0 Å². The van der Waals surface area contributed by atoms with Gasteiger partial charge < -0.3 is 10.4 Å². The van der Waals surface area contributed by atoms with Gasteiger partial charge in [-0.3, -0.25) is 4.98 Å². The molecule has 0 aliphatic heterocycles. The van der Waals surface area contributed by atoms with Gasteiger partial charge in [0.15, 0.2) is 0 Å². The molecule has 1 aromatic rings. The highest BCUT2D eigenvalue weighted by atomic mass is 16.3. The first kappa shape index (κ1) is 13.5. The van der Waals surface area contributed by atoms with E-state index in [4.69, 9.17) is 0 Å². The van der Waals surface area contributed by atoms with Gasteiger partial charge in [-0.25, -0.2) is 0 Å². The molecule has 0 aromatic carbocycles. The van der Waals surface area contributed by atoms with Gasteiger partial charge >= 0.3 is 0 Å². The zero-order valence-corrected chi connectivity index (χ0v) is 11.2. The van der Waals surface area contributed by atoms with Crippen LogP contribution in [0.25, 0.3) is 0 Å². The first-order valence-corrected chi connectivity index (χ1v) is 7.00. The van der Waals surface area contributed by atoms with Crippen LogP contribution in [0.15, 0.2) is 24.5 Å². The molecule has 1 aliphatic carbocycles. The maximum absolute atomic E-state index is 9.67. The molecule has 18 heavy (non-hydrogen) atoms. The van der Waals surface area contributed by atoms with Gasteiger partial charge in [0.05, 0.1) is 0 Å². The normalized spacial score (nSPS) is 20.6. The Hall–Kier alpha value is -0.930. The SMILES string of the molecule is C[C@@H](NCC1(CO)CCCCC1)c1ccncc1. The maximum atomic E-state index is 9.67. The number of hydrogen-bond acceptors (Lipinski definition) is 3. The molecule has 3 heteroatoms. The topological polar surface area (TPSA) is 45.1 Å². The fraction of sp³-hybridized carbons (Fsp3) is 0.667. The Morgan fingerprint density at radius 2 is 1.94 bits per heavy atom. The zero-order chi connectivity index (χ0) is 12.8. The highest BCUT2D eigenvalue weighted by Gasteiger charge is 2.31. The van der Waals surface area contributed by atoms with Crippen LogP contribution in [-0.2, 0) is 0 Å². The maximum Gasteiger partial charge on any atom is 0.0499 e. The second-order valence-corrected chi connectivity index (χ2v) is 5.60. The molecule has 3 nitrogen and oxygen atoms in total. The molecule has 0 saturated heterocycles. The summed E-state index contributed by atoms with van der Waals surface area (Å²) in [6.45, 7) is 3.39. The van der Waals surface area contributed by atoms with Crippen molar-refractivity contribution < 1.29 is 5.11 Å². The summed E-state index contributed by atoms with van der Waals surface area (Å²) in [5.74, 6) is 0. The Morgan fingerprint density at radius 3 is 2.56 bits per heavy atom. The number of aromatic nitrogens is 1. The average molecular weight is 248 g/mol. The van der Waals surface area contributed by atoms with Crippen molar-refractivity contribution in [2.24, 2.45) is 5.41 Å². The molecule has 1 aliphatic rings. The summed E-state index contributed by atoms with van der Waals surface area (Å²) in [6.07, 6.45) is 9.80. The third-order valence-corrected chi connectivity index (χ3v) is 4.24. The first-order valence-electron chi connectivity index (χ1n) is 7.00. The van der Waals surface area contributed by atoms with Crippen LogP contribution in [-0.4, -0.2) is 23.2 Å². The lowest BCUT2D eigenvalue weighted by atomic mass is 9.74. The van der Waals surface area contributed by atoms with Gasteiger partial charge in [0.1, 0.15) is 0 Å². The largest absolute Gasteiger partial charge is 0.396 e. The smallest absolute Gasteiger partial charge is 0.0499 e. The predicted octanol–water partition coefficient (Wildman–Crippen LogP) is 2.68. The number of aliphatic hydroxyl groups excluding tert-OH is 1. The van der Waals surface area contributed by atoms with Crippen LogP contribution in [0.1, 0.15) is 50.6 Å². The highest BCUT2D eigenvalue weighted by Crippen LogP contribution is 2.35. The summed E-state index contributed by atoms with van der Waals surface area (Å²) in [4.78, 5) is 4.04. The number of aliphatic hydroxyl groups is 1. The van der Waals surface area contributed by atoms with Crippen molar-refractivity contribution in [1.82, 2.24) is 10.3 Å². The van der Waals surface area contributed by atoms with Crippen molar-refractivity contribution in [3.63, 3.8) is 0 Å². The van der Waals surface area contributed by atoms with E-state index in [1.807, 2.05) is 24.5 Å². The van der Waals surface area contributed by atoms with Crippen LogP contribution in [0.3, 0.4) is 0 Å². The molecule has 0 bridgehead atoms. The molecule has 1 atom stereocenters. The summed E-state index contributed by atoms with van der Waals surface area (Å²) in [6, 6.07) is 4.41. The Morgan fingerprint density at radius 1 is 1.28 bits per heavy atom. The van der Waals surface area contributed by atoms with Crippen molar-refractivity contribution in [1.29, 1.82) is 0 Å². The van der Waals surface area contributed by atoms with Crippen LogP contribution in [0, 0.1) is 5.41 Å². The lowest BCUT2D eigenvalue weighted by molar-refractivity contribution is 0.0789. The lowest BCUT2D eigenvalue weighted by Gasteiger charge is -2.36. The molecular weight excluding hydrogens is 224 g/mol. The van der Waals surface area contributed by atoms with E-state index in [2.05, 4.69) is 17.2 Å². The molecule has 0 radical (unpaired) electrons. The van der Waals surface area contributed by atoms with Gasteiger partial charge in [-0.2, -0.15) is 0 Å². The van der Waals surface area contributed by atoms with Gasteiger partial charge in [0, 0.05) is 37.0 Å². The third-order valence-electron chi connectivity index (χ3n) is 4.24. The number of nitrogens with one attached hydrogen (secondary N) is 1. The second kappa shape index (κ2) is 6.30. The summed E-state index contributed by atoms with van der Waals surface area (Å²) in [5, 5.41) is 13.2. The van der Waals surface area contributed by atoms with Crippen molar-refractivity contribution in [2.45, 2.75) is 45.1 Å². The second-order valence-electron chi connectivity index (χ2n) is 5.60. The fourth-order valence-corrected chi connectivity index (χ4v) is 2.83. The molecule has 0 spiro atoms. The van der Waals surface area contributed by atoms with Crippen LogP contribution < -0.4 is 5.32 Å². The number of rotatable bonds is 5. The number of hydrogen-bond donors (Lipinski definition) is 2. The van der Waals surface area contributed by atoms with Crippen LogP contribution >= 0.6 is 0 Å². The molecule has 0 amide bonds. The minimum Gasteiger partial charge on any atom is -0.396 e. The number of pyridine rings is 1. The molecule has 0 unspecified atom stereocenters. The fourth-order valence-electron chi connectivity index (χ4n) is 2.83. The van der Waals surface area contributed by atoms with Gasteiger partial charge in [-0.05, 0) is 37.5 Å². The average Bonchev–Trinajstić information content (AvgIpc) is 2.47. The van der Waals surface area contributed by atoms with E-state index in [9.17, 15) is 5.11 Å². The Kier molecular flexibility index (Phi) is 4.72. The molecule has 2 rings (SSSR count). The van der Waals surface area contributed by atoms with Crippen molar-refractivity contribution in [3.05, 3.63) is 30.1 Å². The molecule has 1 fully saturated rings. The van der Waals surface area contributed by atoms with Crippen molar-refractivity contribution in [2.75, 3.05) is 13.2 Å². The highest BCUT2D eigenvalue weighted by molar-refractivity contribution is 5.14. The van der Waals surface area contributed by atoms with Crippen molar-refractivity contribution >= 4 is 0 Å². The lowest BCUT2D eigenvalue weighted by Crippen LogP contribution is -2.39. The Labute approximate surface area is 110 Å². The third kappa shape index (κ3) is 3.30. The molecule has 2 N–H and O–H groups in total. The number of nitrogens with zero attached hydrogens (tertiary/aromatic N) is 1. The van der Waals surface area contributed by atoms with Crippen LogP contribution in [0.2, 0.25) is 0 Å². The molecule has 1 heterocycles. The zero-order valence-electron chi connectivity index (χ0n) is 11.2. The van der Waals surface area contributed by atoms with E-state index in [-0.39, 0.29) is 5.41 Å². The van der Waals surface area contributed by atoms with Gasteiger partial charge in [-0.1, -0.05) is 19.3 Å². The Bertz CT molecular complexity index is 347. The van der Waals surface area contributed by atoms with Crippen molar-refractivity contribution in [3.8, 4) is 0 Å². The summed E-state index contributed by atoms with van der Waals surface area (Å²) < 4.78 is 0. The Balaban J connectivity index is 1.90.